The molecule has 8 heteroatoms. The van der Waals surface area contributed by atoms with Crippen LogP contribution >= 0.6 is 0 Å². The van der Waals surface area contributed by atoms with Gasteiger partial charge >= 0.3 is 5.97 Å². The number of benzene rings is 2. The van der Waals surface area contributed by atoms with Crippen molar-refractivity contribution in [2.75, 3.05) is 0 Å². The van der Waals surface area contributed by atoms with Gasteiger partial charge in [-0.25, -0.2) is 17.9 Å². The summed E-state index contributed by atoms with van der Waals surface area (Å²) in [5, 5.41) is 2.92. The summed E-state index contributed by atoms with van der Waals surface area (Å²) < 4.78 is 33.0. The Kier molecular flexibility index (Phi) is 7.81. The number of amides is 1. The number of nitrogens with one attached hydrogen (secondary N) is 2. The average Bonchev–Trinajstić information content (AvgIpc) is 2.79. The lowest BCUT2D eigenvalue weighted by Crippen LogP contribution is -2.42. The summed E-state index contributed by atoms with van der Waals surface area (Å²) in [6.45, 7) is 1.65. The van der Waals surface area contributed by atoms with Gasteiger partial charge in [-0.1, -0.05) is 55.7 Å². The van der Waals surface area contributed by atoms with Gasteiger partial charge in [0.05, 0.1) is 10.5 Å². The van der Waals surface area contributed by atoms with Gasteiger partial charge in [0, 0.05) is 12.6 Å². The molecular formula is C23H28N2O5S. The van der Waals surface area contributed by atoms with Crippen molar-refractivity contribution in [1.82, 2.24) is 10.0 Å². The lowest BCUT2D eigenvalue weighted by atomic mass is 9.95. The molecule has 0 radical (unpaired) electrons. The van der Waals surface area contributed by atoms with Crippen molar-refractivity contribution in [3.05, 3.63) is 65.7 Å². The molecule has 2 N–H and O–H groups in total. The van der Waals surface area contributed by atoms with E-state index in [0.717, 1.165) is 31.2 Å². The summed E-state index contributed by atoms with van der Waals surface area (Å²) in [4.78, 5) is 24.8. The van der Waals surface area contributed by atoms with Crippen LogP contribution in [0.5, 0.6) is 0 Å². The molecule has 0 saturated heterocycles. The molecule has 1 amide bonds. The maximum absolute atomic E-state index is 12.6. The van der Waals surface area contributed by atoms with E-state index in [4.69, 9.17) is 4.74 Å². The van der Waals surface area contributed by atoms with E-state index in [1.54, 1.807) is 0 Å². The van der Waals surface area contributed by atoms with E-state index in [-0.39, 0.29) is 29.0 Å². The van der Waals surface area contributed by atoms with Crippen LogP contribution in [-0.2, 0) is 26.1 Å². The van der Waals surface area contributed by atoms with E-state index in [1.807, 2.05) is 30.3 Å². The zero-order valence-electron chi connectivity index (χ0n) is 17.5. The van der Waals surface area contributed by atoms with E-state index in [2.05, 4.69) is 10.0 Å². The predicted molar refractivity (Wildman–Crippen MR) is 117 cm³/mol. The van der Waals surface area contributed by atoms with E-state index in [0.29, 0.717) is 0 Å². The summed E-state index contributed by atoms with van der Waals surface area (Å²) in [5.41, 5.74) is 0.888. The van der Waals surface area contributed by atoms with Crippen LogP contribution in [0.2, 0.25) is 0 Å². The van der Waals surface area contributed by atoms with Gasteiger partial charge in [-0.05, 0) is 43.5 Å². The highest BCUT2D eigenvalue weighted by atomic mass is 32.2. The van der Waals surface area contributed by atoms with Crippen LogP contribution in [0.3, 0.4) is 0 Å². The van der Waals surface area contributed by atoms with Gasteiger partial charge in [-0.2, -0.15) is 0 Å². The molecule has 0 aromatic heterocycles. The number of hydrogen-bond donors (Lipinski definition) is 2. The van der Waals surface area contributed by atoms with Gasteiger partial charge in [0.1, 0.15) is 0 Å². The largest absolute Gasteiger partial charge is 0.449 e. The van der Waals surface area contributed by atoms with Gasteiger partial charge in [-0.3, -0.25) is 4.79 Å². The Balaban J connectivity index is 1.60. The van der Waals surface area contributed by atoms with Crippen LogP contribution in [0.15, 0.2) is 59.5 Å². The highest BCUT2D eigenvalue weighted by molar-refractivity contribution is 7.89. The highest BCUT2D eigenvalue weighted by Gasteiger charge is 2.24. The van der Waals surface area contributed by atoms with Crippen molar-refractivity contribution < 1.29 is 22.7 Å². The van der Waals surface area contributed by atoms with Crippen molar-refractivity contribution >= 4 is 21.9 Å². The standard InChI is InChI=1S/C23H28N2O5S/c1-17(22(26)25-20-12-6-3-7-13-20)30-23(27)19-11-8-14-21(15-19)31(28,29)24-16-18-9-4-2-5-10-18/h2,4-5,8-11,14-15,17,20,24H,3,6-7,12-13,16H2,1H3,(H,25,26)/t17-/m0/s1. The maximum Gasteiger partial charge on any atom is 0.338 e. The Morgan fingerprint density at radius 2 is 1.74 bits per heavy atom. The number of rotatable bonds is 8. The van der Waals surface area contributed by atoms with Crippen LogP contribution in [-0.4, -0.2) is 32.4 Å². The zero-order valence-corrected chi connectivity index (χ0v) is 18.4. The number of sulfonamides is 1. The Morgan fingerprint density at radius 3 is 2.45 bits per heavy atom. The molecule has 1 fully saturated rings. The summed E-state index contributed by atoms with van der Waals surface area (Å²) >= 11 is 0. The second kappa shape index (κ2) is 10.5. The third kappa shape index (κ3) is 6.63. The van der Waals surface area contributed by atoms with Gasteiger partial charge in [0.25, 0.3) is 5.91 Å². The van der Waals surface area contributed by atoms with Crippen LogP contribution in [0.25, 0.3) is 0 Å². The summed E-state index contributed by atoms with van der Waals surface area (Å²) in [5.74, 6) is -1.08. The SMILES string of the molecule is C[C@H](OC(=O)c1cccc(S(=O)(=O)NCc2ccccc2)c1)C(=O)NC1CCCCC1. The number of carbonyl (C=O) groups is 2. The second-order valence-electron chi connectivity index (χ2n) is 7.73. The van der Waals surface area contributed by atoms with Crippen molar-refractivity contribution in [2.24, 2.45) is 0 Å². The van der Waals surface area contributed by atoms with E-state index < -0.39 is 22.1 Å². The van der Waals surface area contributed by atoms with Crippen LogP contribution < -0.4 is 10.0 Å². The first-order valence-electron chi connectivity index (χ1n) is 10.5. The fraction of sp³-hybridized carbons (Fsp3) is 0.391. The van der Waals surface area contributed by atoms with Crippen LogP contribution in [0.1, 0.15) is 54.9 Å². The lowest BCUT2D eigenvalue weighted by molar-refractivity contribution is -0.130. The van der Waals surface area contributed by atoms with E-state index in [1.165, 1.54) is 37.6 Å². The van der Waals surface area contributed by atoms with Crippen LogP contribution in [0, 0.1) is 0 Å². The molecule has 0 heterocycles. The molecule has 0 bridgehead atoms. The number of ether oxygens (including phenoxy) is 1. The second-order valence-corrected chi connectivity index (χ2v) is 9.50. The Morgan fingerprint density at radius 1 is 1.03 bits per heavy atom. The number of carbonyl (C=O) groups excluding carboxylic acids is 2. The van der Waals surface area contributed by atoms with Crippen molar-refractivity contribution in [1.29, 1.82) is 0 Å². The Bertz CT molecular complexity index is 1000. The molecular weight excluding hydrogens is 416 g/mol. The Hall–Kier alpha value is -2.71. The van der Waals surface area contributed by atoms with Gasteiger partial charge in [0.15, 0.2) is 6.10 Å². The van der Waals surface area contributed by atoms with Crippen molar-refractivity contribution in [3.63, 3.8) is 0 Å². The first-order valence-corrected chi connectivity index (χ1v) is 12.0. The first-order chi connectivity index (χ1) is 14.8. The first kappa shape index (κ1) is 23.0. The molecule has 1 saturated carbocycles. The van der Waals surface area contributed by atoms with Crippen LogP contribution in [0.4, 0.5) is 0 Å². The van der Waals surface area contributed by atoms with Gasteiger partial charge < -0.3 is 10.1 Å². The van der Waals surface area contributed by atoms with E-state index >= 15 is 0 Å². The fourth-order valence-electron chi connectivity index (χ4n) is 3.50. The molecule has 0 aliphatic heterocycles. The summed E-state index contributed by atoms with van der Waals surface area (Å²) in [7, 11) is -3.82. The topological polar surface area (TPSA) is 102 Å². The number of hydrogen-bond acceptors (Lipinski definition) is 5. The summed E-state index contributed by atoms with van der Waals surface area (Å²) in [6.07, 6.45) is 4.24. The zero-order chi connectivity index (χ0) is 22.3. The minimum absolute atomic E-state index is 0.0443. The molecule has 3 rings (SSSR count). The third-order valence-electron chi connectivity index (χ3n) is 5.29. The molecule has 166 valence electrons. The molecule has 1 atom stereocenters. The summed E-state index contributed by atoms with van der Waals surface area (Å²) in [6, 6.07) is 14.8. The molecule has 2 aromatic rings. The van der Waals surface area contributed by atoms with Gasteiger partial charge in [-0.15, -0.1) is 0 Å². The molecule has 2 aromatic carbocycles. The quantitative estimate of drug-likeness (QED) is 0.609. The van der Waals surface area contributed by atoms with E-state index in [9.17, 15) is 18.0 Å². The third-order valence-corrected chi connectivity index (χ3v) is 6.69. The molecule has 1 aliphatic rings. The smallest absolute Gasteiger partial charge is 0.338 e. The lowest BCUT2D eigenvalue weighted by Gasteiger charge is -2.24. The molecule has 7 nitrogen and oxygen atoms in total. The monoisotopic (exact) mass is 444 g/mol. The minimum atomic E-state index is -3.82. The average molecular weight is 445 g/mol. The predicted octanol–water partition coefficient (Wildman–Crippen LogP) is 3.16. The van der Waals surface area contributed by atoms with Crippen molar-refractivity contribution in [3.8, 4) is 0 Å². The normalized spacial score (nSPS) is 15.8. The molecule has 0 unspecified atom stereocenters. The molecule has 0 spiro atoms. The molecule has 31 heavy (non-hydrogen) atoms. The number of esters is 1. The fourth-order valence-corrected chi connectivity index (χ4v) is 4.56. The van der Waals surface area contributed by atoms with Gasteiger partial charge in [0.2, 0.25) is 10.0 Å². The minimum Gasteiger partial charge on any atom is -0.449 e. The van der Waals surface area contributed by atoms with Crippen molar-refractivity contribution in [2.45, 2.75) is 62.6 Å². The highest BCUT2D eigenvalue weighted by Crippen LogP contribution is 2.18. The maximum atomic E-state index is 12.6. The molecule has 1 aliphatic carbocycles. The Labute approximate surface area is 183 Å².